The molecule has 4 bridgehead atoms. The summed E-state index contributed by atoms with van der Waals surface area (Å²) in [6.07, 6.45) is 7.77. The summed E-state index contributed by atoms with van der Waals surface area (Å²) in [5, 5.41) is 20.8. The van der Waals surface area contributed by atoms with Crippen molar-refractivity contribution in [2.75, 3.05) is 13.7 Å². The number of ether oxygens (including phenoxy) is 3. The molecule has 1 spiro atoms. The third kappa shape index (κ3) is 5.32. The Morgan fingerprint density at radius 3 is 2.53 bits per heavy atom. The van der Waals surface area contributed by atoms with Crippen molar-refractivity contribution in [3.05, 3.63) is 47.3 Å². The lowest BCUT2D eigenvalue weighted by molar-refractivity contribution is -0.110. The number of aromatic carboxylic acids is 1. The van der Waals surface area contributed by atoms with Crippen LogP contribution in [0.3, 0.4) is 0 Å². The first-order valence-electron chi connectivity index (χ1n) is 16.0. The van der Waals surface area contributed by atoms with Crippen molar-refractivity contribution in [2.45, 2.75) is 115 Å². The molecule has 0 unspecified atom stereocenters. The number of carbonyl (C=O) groups is 1. The summed E-state index contributed by atoms with van der Waals surface area (Å²) in [7, 11) is -0.532. The second kappa shape index (κ2) is 11.6. The number of methoxy groups -OCH3 is 1. The fourth-order valence-corrected chi connectivity index (χ4v) is 9.83. The van der Waals surface area contributed by atoms with Gasteiger partial charge in [0.2, 0.25) is 0 Å². The van der Waals surface area contributed by atoms with Gasteiger partial charge in [-0.25, -0.2) is 4.79 Å². The summed E-state index contributed by atoms with van der Waals surface area (Å²) in [4.78, 5) is 15.4. The van der Waals surface area contributed by atoms with E-state index in [1.54, 1.807) is 20.2 Å². The fourth-order valence-electron chi connectivity index (χ4n) is 8.44. The van der Waals surface area contributed by atoms with Gasteiger partial charge in [-0.1, -0.05) is 52.8 Å². The van der Waals surface area contributed by atoms with Gasteiger partial charge in [-0.2, -0.15) is 0 Å². The normalized spacial score (nSPS) is 41.7. The maximum Gasteiger partial charge on any atom is 0.352 e. The topological polar surface area (TPSA) is 110 Å². The minimum Gasteiger partial charge on any atom is -0.477 e. The van der Waals surface area contributed by atoms with Crippen LogP contribution in [-0.4, -0.2) is 79.3 Å². The van der Waals surface area contributed by atoms with Crippen molar-refractivity contribution in [2.24, 2.45) is 29.6 Å². The number of aromatic nitrogens is 1. The second-order valence-corrected chi connectivity index (χ2v) is 19.9. The monoisotopic (exact) mass is 615 g/mol. The predicted octanol–water partition coefficient (Wildman–Crippen LogP) is 6.16. The van der Waals surface area contributed by atoms with Gasteiger partial charge in [0.05, 0.1) is 37.1 Å². The molecule has 1 aromatic rings. The SMILES string of the molecule is CO[C@@H]1CO[C@H]([C@@H](C)O)[C@H](C)/C=C(\C)[C@]23O[C@@H]4[C@H](C=C[C@@H]2C1)[C@H]3[C@H](O[Si](C)(C)C(C)(C)C)[C@@H](C)[C@@H]4c1cc[nH]c1C(=O)O. The molecule has 240 valence electrons. The molecule has 2 aliphatic carbocycles. The Morgan fingerprint density at radius 2 is 1.93 bits per heavy atom. The number of aromatic amines is 1. The molecule has 1 saturated heterocycles. The number of aliphatic hydroxyl groups is 1. The first-order chi connectivity index (χ1) is 20.0. The van der Waals surface area contributed by atoms with Crippen LogP contribution in [0.4, 0.5) is 0 Å². The minimum atomic E-state index is -2.25. The largest absolute Gasteiger partial charge is 0.477 e. The maximum atomic E-state index is 12.4. The Bertz CT molecular complexity index is 1250. The maximum absolute atomic E-state index is 12.4. The highest BCUT2D eigenvalue weighted by atomic mass is 28.4. The highest BCUT2D eigenvalue weighted by molar-refractivity contribution is 6.74. The number of nitrogens with one attached hydrogen (secondary N) is 1. The quantitative estimate of drug-likeness (QED) is 0.260. The number of aliphatic hydroxyl groups excluding tert-OH is 1. The highest BCUT2D eigenvalue weighted by Crippen LogP contribution is 2.65. The van der Waals surface area contributed by atoms with Crippen molar-refractivity contribution < 1.29 is 33.6 Å². The molecule has 12 atom stereocenters. The molecule has 3 heterocycles. The van der Waals surface area contributed by atoms with Crippen LogP contribution in [0.1, 0.15) is 76.9 Å². The van der Waals surface area contributed by atoms with Crippen molar-refractivity contribution in [3.8, 4) is 0 Å². The van der Waals surface area contributed by atoms with Crippen molar-refractivity contribution in [1.82, 2.24) is 4.98 Å². The smallest absolute Gasteiger partial charge is 0.352 e. The molecule has 2 fully saturated rings. The molecule has 9 heteroatoms. The van der Waals surface area contributed by atoms with Crippen molar-refractivity contribution in [3.63, 3.8) is 0 Å². The molecular weight excluding hydrogens is 562 g/mol. The summed E-state index contributed by atoms with van der Waals surface area (Å²) in [5.41, 5.74) is 1.48. The van der Waals surface area contributed by atoms with Crippen LogP contribution in [0.25, 0.3) is 0 Å². The molecule has 5 rings (SSSR count). The molecule has 8 nitrogen and oxygen atoms in total. The predicted molar refractivity (Wildman–Crippen MR) is 169 cm³/mol. The molecule has 3 N–H and O–H groups in total. The molecule has 0 radical (unpaired) electrons. The third-order valence-corrected chi connectivity index (χ3v) is 16.0. The summed E-state index contributed by atoms with van der Waals surface area (Å²) >= 11 is 0. The molecule has 43 heavy (non-hydrogen) atoms. The lowest BCUT2D eigenvalue weighted by Gasteiger charge is -2.53. The van der Waals surface area contributed by atoms with E-state index in [4.69, 9.17) is 18.6 Å². The Morgan fingerprint density at radius 1 is 1.23 bits per heavy atom. The molecule has 2 aliphatic heterocycles. The Balaban J connectivity index is 1.72. The van der Waals surface area contributed by atoms with Crippen LogP contribution in [0.5, 0.6) is 0 Å². The Labute approximate surface area is 258 Å². The van der Waals surface area contributed by atoms with Gasteiger partial charge in [-0.3, -0.25) is 0 Å². The Hall–Kier alpha value is -1.75. The van der Waals surface area contributed by atoms with Crippen LogP contribution in [0.15, 0.2) is 36.1 Å². The number of carboxylic acid groups (broad SMARTS) is 1. The zero-order chi connectivity index (χ0) is 31.6. The second-order valence-electron chi connectivity index (χ2n) is 15.2. The molecule has 0 amide bonds. The van der Waals surface area contributed by atoms with E-state index in [0.717, 1.165) is 11.1 Å². The van der Waals surface area contributed by atoms with Gasteiger partial charge in [-0.05, 0) is 61.5 Å². The number of rotatable bonds is 6. The summed E-state index contributed by atoms with van der Waals surface area (Å²) in [6, 6.07) is 1.92. The molecule has 0 aromatic carbocycles. The minimum absolute atomic E-state index is 0.000443. The van der Waals surface area contributed by atoms with Gasteiger partial charge in [-0.15, -0.1) is 0 Å². The van der Waals surface area contributed by atoms with E-state index in [9.17, 15) is 15.0 Å². The van der Waals surface area contributed by atoms with Gasteiger partial charge in [0, 0.05) is 42.9 Å². The first-order valence-corrected chi connectivity index (χ1v) is 18.9. The van der Waals surface area contributed by atoms with Crippen molar-refractivity contribution >= 4 is 14.3 Å². The van der Waals surface area contributed by atoms with E-state index >= 15 is 0 Å². The fraction of sp³-hybridized carbons (Fsp3) is 0.735. The lowest BCUT2D eigenvalue weighted by Crippen LogP contribution is -2.59. The van der Waals surface area contributed by atoms with E-state index in [2.05, 4.69) is 77.8 Å². The van der Waals surface area contributed by atoms with Crippen LogP contribution in [0.2, 0.25) is 18.1 Å². The average molecular weight is 616 g/mol. The van der Waals surface area contributed by atoms with Gasteiger partial charge in [0.25, 0.3) is 0 Å². The zero-order valence-electron chi connectivity index (χ0n) is 27.6. The summed E-state index contributed by atoms with van der Waals surface area (Å²) in [5.74, 6) is -1.03. The first kappa shape index (κ1) is 32.6. The third-order valence-electron chi connectivity index (χ3n) is 11.6. The van der Waals surface area contributed by atoms with E-state index in [0.29, 0.717) is 13.0 Å². The van der Waals surface area contributed by atoms with Crippen LogP contribution < -0.4 is 0 Å². The van der Waals surface area contributed by atoms with Crippen LogP contribution >= 0.6 is 0 Å². The standard InChI is InChI=1S/C34H53NO7Si/c1-18-15-19(2)34-22(16-23(39-8)17-40-29(18)21(4)36)11-12-25-27(34)30(42-43(9,10)33(5,6)7)20(3)26(31(25)41-34)24-13-14-35-28(24)32(37)38/h11-15,18,20-23,25-27,29-31,35-36H,16-17H2,1-10H3,(H,37,38)/b19-15+/t18-,20+,21-,22-,23+,25-,26-,27+,29+,30-,31-,34+/m1/s1. The van der Waals surface area contributed by atoms with E-state index in [1.165, 1.54) is 0 Å². The van der Waals surface area contributed by atoms with Crippen molar-refractivity contribution in [1.29, 1.82) is 0 Å². The van der Waals surface area contributed by atoms with Gasteiger partial charge < -0.3 is 33.8 Å². The zero-order valence-corrected chi connectivity index (χ0v) is 28.6. The molecular formula is C34H53NO7Si. The van der Waals surface area contributed by atoms with E-state index < -0.39 is 26.0 Å². The highest BCUT2D eigenvalue weighted by Gasteiger charge is 2.69. The van der Waals surface area contributed by atoms with Gasteiger partial charge in [0.1, 0.15) is 11.3 Å². The average Bonchev–Trinajstić information content (AvgIpc) is 3.45. The number of hydrogen-bond acceptors (Lipinski definition) is 6. The number of H-pyrrole nitrogens is 1. The molecule has 4 aliphatic rings. The number of hydrogen-bond donors (Lipinski definition) is 3. The number of carboxylic acids is 1. The summed E-state index contributed by atoms with van der Waals surface area (Å²) in [6.45, 7) is 20.1. The Kier molecular flexibility index (Phi) is 8.77. The van der Waals surface area contributed by atoms with Crippen LogP contribution in [-0.2, 0) is 18.6 Å². The van der Waals surface area contributed by atoms with E-state index in [-0.39, 0.29) is 70.7 Å². The molecule has 1 saturated carbocycles. The van der Waals surface area contributed by atoms with Crippen LogP contribution in [0, 0.1) is 29.6 Å². The summed E-state index contributed by atoms with van der Waals surface area (Å²) < 4.78 is 27.2. The molecule has 1 aromatic heterocycles. The van der Waals surface area contributed by atoms with Gasteiger partial charge >= 0.3 is 5.97 Å². The van der Waals surface area contributed by atoms with E-state index in [1.807, 2.05) is 6.07 Å². The van der Waals surface area contributed by atoms with Gasteiger partial charge in [0.15, 0.2) is 8.32 Å². The lowest BCUT2D eigenvalue weighted by atomic mass is 9.55.